The van der Waals surface area contributed by atoms with E-state index in [0.29, 0.717) is 67.9 Å². The number of nitrogens with one attached hydrogen (secondary N) is 2. The number of aryl methyl sites for hydroxylation is 1. The van der Waals surface area contributed by atoms with Gasteiger partial charge in [0, 0.05) is 35.8 Å². The first-order chi connectivity index (χ1) is 26.1. The molecule has 1 aliphatic heterocycles. The normalized spacial score (nSPS) is 14.4. The standard InChI is InChI=1S/C38H49N4O11P/c1-5-8-9-10-32(33(6-2)42(25-43)52-38(46)31-12-11-27(19-26(31)4)23-41-15-17-49-18-16-41)36(44)39-24-40-37(45)35-14-13-34(51-35)28-20-29(50-7-3)22-30(21-28)53-54(47)48/h11-14,19-22,25,32-33H,5-10,15-18,23-24H2,1-4H3,(H2-,39,40,44,45,47,48)/p+1. The largest absolute Gasteiger partial charge is 0.747 e. The number of furan rings is 1. The van der Waals surface area contributed by atoms with Gasteiger partial charge in [0.1, 0.15) is 11.5 Å². The SMILES string of the molecule is CCCCCC(C(=O)NCNC(=O)c1ccc(-c2cc(OCC)cc(O[P+](=O)O)c2)o1)C(CC)N(C=O)OC(=O)c1ccc(CN2CCOCC2)cc1C. The molecule has 1 aliphatic rings. The van der Waals surface area contributed by atoms with Crippen LogP contribution >= 0.6 is 8.25 Å². The molecule has 0 spiro atoms. The third-order valence-corrected chi connectivity index (χ3v) is 9.35. The Bertz CT molecular complexity index is 1740. The van der Waals surface area contributed by atoms with Gasteiger partial charge in [-0.15, -0.1) is 4.89 Å². The van der Waals surface area contributed by atoms with Gasteiger partial charge < -0.3 is 29.4 Å². The molecule has 16 heteroatoms. The molecular formula is C38H50N4O11P+. The summed E-state index contributed by atoms with van der Waals surface area (Å²) in [5.41, 5.74) is 2.51. The molecule has 54 heavy (non-hydrogen) atoms. The lowest BCUT2D eigenvalue weighted by molar-refractivity contribution is -0.171. The van der Waals surface area contributed by atoms with Crippen LogP contribution in [0.25, 0.3) is 11.3 Å². The number of amides is 3. The Kier molecular flexibility index (Phi) is 16.4. The molecule has 3 aromatic rings. The quantitative estimate of drug-likeness (QED) is 0.0406. The molecular weight excluding hydrogens is 719 g/mol. The summed E-state index contributed by atoms with van der Waals surface area (Å²) in [5.74, 6) is -1.81. The van der Waals surface area contributed by atoms with Crippen LogP contribution in [0.3, 0.4) is 0 Å². The Morgan fingerprint density at radius 3 is 2.44 bits per heavy atom. The van der Waals surface area contributed by atoms with E-state index in [0.717, 1.165) is 43.1 Å². The minimum Gasteiger partial charge on any atom is -0.494 e. The number of hydroxylamine groups is 2. The second-order valence-electron chi connectivity index (χ2n) is 12.8. The Balaban J connectivity index is 1.39. The average Bonchev–Trinajstić information content (AvgIpc) is 3.65. The van der Waals surface area contributed by atoms with E-state index in [1.807, 2.05) is 26.0 Å². The molecule has 4 rings (SSSR count). The van der Waals surface area contributed by atoms with E-state index in [4.69, 9.17) is 23.3 Å². The first-order valence-corrected chi connectivity index (χ1v) is 19.3. The van der Waals surface area contributed by atoms with Crippen molar-refractivity contribution in [2.45, 2.75) is 72.4 Å². The first-order valence-electron chi connectivity index (χ1n) is 18.2. The third-order valence-electron chi connectivity index (χ3n) is 8.98. The van der Waals surface area contributed by atoms with E-state index in [1.54, 1.807) is 32.0 Å². The topological polar surface area (TPSA) is 186 Å². The minimum absolute atomic E-state index is 0.0499. The maximum absolute atomic E-state index is 13.6. The minimum atomic E-state index is -2.92. The zero-order valence-electron chi connectivity index (χ0n) is 31.2. The maximum Gasteiger partial charge on any atom is 0.747 e. The molecule has 0 aliphatic carbocycles. The van der Waals surface area contributed by atoms with Crippen LogP contribution in [0.15, 0.2) is 52.9 Å². The van der Waals surface area contributed by atoms with Crippen molar-refractivity contribution in [3.05, 3.63) is 71.0 Å². The number of morpholine rings is 1. The van der Waals surface area contributed by atoms with Crippen LogP contribution in [0.2, 0.25) is 0 Å². The summed E-state index contributed by atoms with van der Waals surface area (Å²) in [4.78, 5) is 69.4. The highest BCUT2D eigenvalue weighted by Crippen LogP contribution is 2.34. The fourth-order valence-corrected chi connectivity index (χ4v) is 6.57. The average molecular weight is 770 g/mol. The van der Waals surface area contributed by atoms with Crippen LogP contribution in [0.4, 0.5) is 0 Å². The van der Waals surface area contributed by atoms with Gasteiger partial charge in [0.05, 0.1) is 44.0 Å². The van der Waals surface area contributed by atoms with Crippen LogP contribution in [0.1, 0.15) is 84.9 Å². The summed E-state index contributed by atoms with van der Waals surface area (Å²) in [5, 5.41) is 6.27. The van der Waals surface area contributed by atoms with Gasteiger partial charge >= 0.3 is 14.2 Å². The fourth-order valence-electron chi connectivity index (χ4n) is 6.29. The summed E-state index contributed by atoms with van der Waals surface area (Å²) in [6.45, 7) is 11.3. The van der Waals surface area contributed by atoms with E-state index in [-0.39, 0.29) is 23.9 Å². The molecule has 3 atom stereocenters. The zero-order valence-corrected chi connectivity index (χ0v) is 32.1. The molecule has 1 saturated heterocycles. The fraction of sp³-hybridized carbons (Fsp3) is 0.474. The van der Waals surface area contributed by atoms with Crippen molar-refractivity contribution in [3.63, 3.8) is 0 Å². The van der Waals surface area contributed by atoms with Gasteiger partial charge in [0.25, 0.3) is 5.91 Å². The van der Waals surface area contributed by atoms with Gasteiger partial charge in [0.15, 0.2) is 11.5 Å². The maximum atomic E-state index is 13.6. The van der Waals surface area contributed by atoms with Crippen LogP contribution in [-0.4, -0.2) is 84.7 Å². The van der Waals surface area contributed by atoms with E-state index < -0.39 is 38.0 Å². The second-order valence-corrected chi connectivity index (χ2v) is 13.5. The highest BCUT2D eigenvalue weighted by molar-refractivity contribution is 7.32. The Morgan fingerprint density at radius 2 is 1.78 bits per heavy atom. The van der Waals surface area contributed by atoms with Crippen molar-refractivity contribution in [2.24, 2.45) is 5.92 Å². The molecule has 292 valence electrons. The van der Waals surface area contributed by atoms with Crippen LogP contribution in [-0.2, 0) is 30.3 Å². The number of nitrogens with zero attached hydrogens (tertiary/aromatic N) is 2. The molecule has 2 aromatic carbocycles. The van der Waals surface area contributed by atoms with E-state index >= 15 is 0 Å². The van der Waals surface area contributed by atoms with Gasteiger partial charge in [0.2, 0.25) is 12.3 Å². The molecule has 15 nitrogen and oxygen atoms in total. The van der Waals surface area contributed by atoms with Crippen molar-refractivity contribution in [1.82, 2.24) is 20.6 Å². The molecule has 3 amide bonds. The highest BCUT2D eigenvalue weighted by Gasteiger charge is 2.34. The number of hydrogen-bond acceptors (Lipinski definition) is 11. The lowest BCUT2D eigenvalue weighted by Gasteiger charge is -2.32. The monoisotopic (exact) mass is 769 g/mol. The van der Waals surface area contributed by atoms with E-state index in [9.17, 15) is 28.6 Å². The summed E-state index contributed by atoms with van der Waals surface area (Å²) in [6.07, 6.45) is 3.62. The zero-order chi connectivity index (χ0) is 39.0. The number of carbonyl (C=O) groups is 4. The van der Waals surface area contributed by atoms with Gasteiger partial charge in [-0.25, -0.2) is 9.32 Å². The number of benzene rings is 2. The van der Waals surface area contributed by atoms with Gasteiger partial charge in [-0.1, -0.05) is 45.2 Å². The Hall–Kier alpha value is -4.82. The lowest BCUT2D eigenvalue weighted by atomic mass is 9.90. The van der Waals surface area contributed by atoms with Crippen molar-refractivity contribution in [1.29, 1.82) is 0 Å². The van der Waals surface area contributed by atoms with E-state index in [1.165, 1.54) is 18.2 Å². The first kappa shape index (κ1) is 41.9. The van der Waals surface area contributed by atoms with Crippen LogP contribution in [0.5, 0.6) is 11.5 Å². The number of unbranched alkanes of at least 4 members (excludes halogenated alkanes) is 2. The van der Waals surface area contributed by atoms with Crippen LogP contribution < -0.4 is 19.9 Å². The van der Waals surface area contributed by atoms with Crippen molar-refractivity contribution in [2.75, 3.05) is 39.6 Å². The molecule has 0 saturated carbocycles. The molecule has 0 bridgehead atoms. The summed E-state index contributed by atoms with van der Waals surface area (Å²) < 4.78 is 32.9. The van der Waals surface area contributed by atoms with Crippen LogP contribution in [0, 0.1) is 12.8 Å². The van der Waals surface area contributed by atoms with Crippen molar-refractivity contribution in [3.8, 4) is 22.8 Å². The predicted octanol–water partition coefficient (Wildman–Crippen LogP) is 5.52. The molecule has 1 fully saturated rings. The third kappa shape index (κ3) is 12.1. The Morgan fingerprint density at radius 1 is 1.02 bits per heavy atom. The highest BCUT2D eigenvalue weighted by atomic mass is 31.1. The number of rotatable bonds is 21. The van der Waals surface area contributed by atoms with Gasteiger partial charge in [-0.3, -0.25) is 19.3 Å². The van der Waals surface area contributed by atoms with Gasteiger partial charge in [-0.2, -0.15) is 5.06 Å². The van der Waals surface area contributed by atoms with Crippen molar-refractivity contribution >= 4 is 32.4 Å². The number of hydrogen-bond donors (Lipinski definition) is 3. The van der Waals surface area contributed by atoms with Gasteiger partial charge in [-0.05, 0) is 68.1 Å². The summed E-state index contributed by atoms with van der Waals surface area (Å²) in [7, 11) is -2.92. The molecule has 3 N–H and O–H groups in total. The Labute approximate surface area is 316 Å². The van der Waals surface area contributed by atoms with Crippen molar-refractivity contribution < 1.29 is 51.9 Å². The molecule has 1 aromatic heterocycles. The molecule has 0 radical (unpaired) electrons. The second kappa shape index (κ2) is 21.2. The van der Waals surface area contributed by atoms with E-state index in [2.05, 4.69) is 15.5 Å². The molecule has 2 heterocycles. The smallest absolute Gasteiger partial charge is 0.494 e. The lowest BCUT2D eigenvalue weighted by Crippen LogP contribution is -2.49. The number of carbonyl (C=O) groups excluding carboxylic acids is 4. The summed E-state index contributed by atoms with van der Waals surface area (Å²) in [6, 6.07) is 12.3. The summed E-state index contributed by atoms with van der Waals surface area (Å²) >= 11 is 0. The molecule has 3 unspecified atom stereocenters. The predicted molar refractivity (Wildman–Crippen MR) is 199 cm³/mol. The number of ether oxygens (including phenoxy) is 2.